The van der Waals surface area contributed by atoms with E-state index in [1.165, 1.54) is 0 Å². The molecule has 0 aromatic heterocycles. The molecule has 0 aliphatic carbocycles. The Bertz CT molecular complexity index is 517. The zero-order valence-corrected chi connectivity index (χ0v) is 13.8. The maximum absolute atomic E-state index is 12.3. The highest BCUT2D eigenvalue weighted by Crippen LogP contribution is 2.27. The van der Waals surface area contributed by atoms with Crippen molar-refractivity contribution in [3.8, 4) is 5.75 Å². The second kappa shape index (κ2) is 7.26. The van der Waals surface area contributed by atoms with Crippen molar-refractivity contribution in [1.29, 1.82) is 0 Å². The van der Waals surface area contributed by atoms with Gasteiger partial charge in [0.05, 0.1) is 6.61 Å². The van der Waals surface area contributed by atoms with Gasteiger partial charge in [-0.3, -0.25) is 0 Å². The Morgan fingerprint density at radius 2 is 2.05 bits per heavy atom. The van der Waals surface area contributed by atoms with Crippen LogP contribution >= 0.6 is 15.9 Å². The third-order valence-electron chi connectivity index (χ3n) is 2.63. The van der Waals surface area contributed by atoms with Crippen molar-refractivity contribution < 1.29 is 13.2 Å². The van der Waals surface area contributed by atoms with Gasteiger partial charge in [-0.15, -0.1) is 0 Å². The van der Waals surface area contributed by atoms with Gasteiger partial charge in [-0.25, -0.2) is 13.1 Å². The highest BCUT2D eigenvalue weighted by molar-refractivity contribution is 9.10. The summed E-state index contributed by atoms with van der Waals surface area (Å²) in [7, 11) is -3.56. The molecule has 0 heterocycles. The van der Waals surface area contributed by atoms with Crippen LogP contribution in [-0.4, -0.2) is 21.1 Å². The van der Waals surface area contributed by atoms with E-state index in [-0.39, 0.29) is 10.9 Å². The van der Waals surface area contributed by atoms with E-state index in [9.17, 15) is 8.42 Å². The molecular weight excluding hydrogens is 330 g/mol. The molecule has 1 N–H and O–H groups in total. The molecule has 0 saturated carbocycles. The minimum atomic E-state index is -3.56. The molecule has 4 nitrogen and oxygen atoms in total. The first-order chi connectivity index (χ1) is 8.90. The van der Waals surface area contributed by atoms with Crippen molar-refractivity contribution in [2.24, 2.45) is 0 Å². The summed E-state index contributed by atoms with van der Waals surface area (Å²) in [6, 6.07) is 4.90. The topological polar surface area (TPSA) is 55.4 Å². The fourth-order valence-corrected chi connectivity index (χ4v) is 3.44. The number of nitrogens with one attached hydrogen (secondary N) is 1. The van der Waals surface area contributed by atoms with Gasteiger partial charge in [0.15, 0.2) is 0 Å². The maximum atomic E-state index is 12.3. The number of sulfonamides is 1. The van der Waals surface area contributed by atoms with E-state index in [0.29, 0.717) is 16.8 Å². The molecule has 19 heavy (non-hydrogen) atoms. The number of halogens is 1. The minimum Gasteiger partial charge on any atom is -0.492 e. The summed E-state index contributed by atoms with van der Waals surface area (Å²) < 4.78 is 33.5. The molecular formula is C13H20BrNO3S. The molecule has 1 aromatic carbocycles. The molecule has 1 aromatic rings. The van der Waals surface area contributed by atoms with Gasteiger partial charge in [0.25, 0.3) is 0 Å². The normalized spacial score (nSPS) is 13.3. The van der Waals surface area contributed by atoms with Gasteiger partial charge >= 0.3 is 0 Å². The molecule has 108 valence electrons. The van der Waals surface area contributed by atoms with Crippen molar-refractivity contribution >= 4 is 26.0 Å². The zero-order chi connectivity index (χ0) is 14.5. The van der Waals surface area contributed by atoms with Crippen LogP contribution in [0.1, 0.15) is 33.6 Å². The van der Waals surface area contributed by atoms with E-state index < -0.39 is 10.0 Å². The standard InChI is InChI=1S/C13H20BrNO3S/c1-4-8-18-12-7-6-11(14)9-13(12)19(16,17)15-10(3)5-2/h6-7,9-10,15H,4-5,8H2,1-3H3/t10-/m0/s1. The molecule has 0 unspecified atom stereocenters. The van der Waals surface area contributed by atoms with E-state index in [2.05, 4.69) is 20.7 Å². The summed E-state index contributed by atoms with van der Waals surface area (Å²) >= 11 is 3.29. The van der Waals surface area contributed by atoms with Crippen LogP contribution < -0.4 is 9.46 Å². The lowest BCUT2D eigenvalue weighted by Crippen LogP contribution is -2.32. The predicted octanol–water partition coefficient (Wildman–Crippen LogP) is 3.31. The number of hydrogen-bond donors (Lipinski definition) is 1. The quantitative estimate of drug-likeness (QED) is 0.821. The largest absolute Gasteiger partial charge is 0.492 e. The number of rotatable bonds is 7. The molecule has 0 amide bonds. The number of ether oxygens (including phenoxy) is 1. The van der Waals surface area contributed by atoms with E-state index in [0.717, 1.165) is 12.8 Å². The van der Waals surface area contributed by atoms with E-state index in [1.54, 1.807) is 18.2 Å². The van der Waals surface area contributed by atoms with Gasteiger partial charge < -0.3 is 4.74 Å². The first-order valence-electron chi connectivity index (χ1n) is 6.35. The summed E-state index contributed by atoms with van der Waals surface area (Å²) in [6.45, 7) is 6.24. The number of hydrogen-bond acceptors (Lipinski definition) is 3. The average molecular weight is 350 g/mol. The first kappa shape index (κ1) is 16.5. The molecule has 0 saturated heterocycles. The van der Waals surface area contributed by atoms with Gasteiger partial charge in [0.2, 0.25) is 10.0 Å². The Morgan fingerprint density at radius 1 is 1.37 bits per heavy atom. The average Bonchev–Trinajstić information content (AvgIpc) is 2.36. The predicted molar refractivity (Wildman–Crippen MR) is 80.0 cm³/mol. The molecule has 0 fully saturated rings. The van der Waals surface area contributed by atoms with Crippen LogP contribution in [-0.2, 0) is 10.0 Å². The fourth-order valence-electron chi connectivity index (χ4n) is 1.43. The Balaban J connectivity index is 3.12. The van der Waals surface area contributed by atoms with Gasteiger partial charge in [-0.2, -0.15) is 0 Å². The van der Waals surface area contributed by atoms with Gasteiger partial charge in [-0.05, 0) is 38.0 Å². The second-order valence-electron chi connectivity index (χ2n) is 4.37. The van der Waals surface area contributed by atoms with Crippen molar-refractivity contribution in [2.75, 3.05) is 6.61 Å². The lowest BCUT2D eigenvalue weighted by molar-refractivity contribution is 0.309. The Kier molecular flexibility index (Phi) is 6.29. The van der Waals surface area contributed by atoms with Gasteiger partial charge in [-0.1, -0.05) is 29.8 Å². The van der Waals surface area contributed by atoms with Crippen LogP contribution in [0.25, 0.3) is 0 Å². The molecule has 0 bridgehead atoms. The molecule has 0 spiro atoms. The summed E-state index contributed by atoms with van der Waals surface area (Å²) in [5, 5.41) is 0. The van der Waals surface area contributed by atoms with E-state index >= 15 is 0 Å². The Hall–Kier alpha value is -0.590. The SMILES string of the molecule is CCCOc1ccc(Br)cc1S(=O)(=O)N[C@@H](C)CC. The summed E-state index contributed by atoms with van der Waals surface area (Å²) in [4.78, 5) is 0.177. The number of benzene rings is 1. The third-order valence-corrected chi connectivity index (χ3v) is 4.73. The van der Waals surface area contributed by atoms with Crippen LogP contribution in [0, 0.1) is 0 Å². The van der Waals surface area contributed by atoms with Crippen LogP contribution in [0.4, 0.5) is 0 Å². The maximum Gasteiger partial charge on any atom is 0.244 e. The van der Waals surface area contributed by atoms with Crippen LogP contribution in [0.5, 0.6) is 5.75 Å². The zero-order valence-electron chi connectivity index (χ0n) is 11.4. The van der Waals surface area contributed by atoms with E-state index in [1.807, 2.05) is 20.8 Å². The van der Waals surface area contributed by atoms with Crippen molar-refractivity contribution in [3.63, 3.8) is 0 Å². The van der Waals surface area contributed by atoms with Gasteiger partial charge in [0, 0.05) is 10.5 Å². The Labute approximate surface area is 123 Å². The van der Waals surface area contributed by atoms with Crippen molar-refractivity contribution in [3.05, 3.63) is 22.7 Å². The summed E-state index contributed by atoms with van der Waals surface area (Å²) in [5.41, 5.74) is 0. The molecule has 0 aliphatic heterocycles. The lowest BCUT2D eigenvalue weighted by atomic mass is 10.3. The van der Waals surface area contributed by atoms with Crippen molar-refractivity contribution in [1.82, 2.24) is 4.72 Å². The van der Waals surface area contributed by atoms with E-state index in [4.69, 9.17) is 4.74 Å². The minimum absolute atomic E-state index is 0.108. The van der Waals surface area contributed by atoms with Crippen LogP contribution in [0.3, 0.4) is 0 Å². The fraction of sp³-hybridized carbons (Fsp3) is 0.538. The van der Waals surface area contributed by atoms with Crippen LogP contribution in [0.15, 0.2) is 27.6 Å². The second-order valence-corrected chi connectivity index (χ2v) is 6.97. The lowest BCUT2D eigenvalue weighted by Gasteiger charge is -2.15. The Morgan fingerprint density at radius 3 is 2.63 bits per heavy atom. The molecule has 0 aliphatic rings. The molecule has 1 rings (SSSR count). The summed E-state index contributed by atoms with van der Waals surface area (Å²) in [6.07, 6.45) is 1.56. The highest BCUT2D eigenvalue weighted by atomic mass is 79.9. The van der Waals surface area contributed by atoms with Crippen molar-refractivity contribution in [2.45, 2.75) is 44.6 Å². The highest BCUT2D eigenvalue weighted by Gasteiger charge is 2.21. The summed E-state index contributed by atoms with van der Waals surface area (Å²) in [5.74, 6) is 0.390. The van der Waals surface area contributed by atoms with Crippen LogP contribution in [0.2, 0.25) is 0 Å². The monoisotopic (exact) mass is 349 g/mol. The van der Waals surface area contributed by atoms with Gasteiger partial charge in [0.1, 0.15) is 10.6 Å². The molecule has 0 radical (unpaired) electrons. The first-order valence-corrected chi connectivity index (χ1v) is 8.63. The third kappa shape index (κ3) is 4.78. The molecule has 6 heteroatoms. The molecule has 1 atom stereocenters. The smallest absolute Gasteiger partial charge is 0.244 e.